The van der Waals surface area contributed by atoms with Gasteiger partial charge in [0.15, 0.2) is 11.5 Å². The second-order valence-electron chi connectivity index (χ2n) is 8.53. The second kappa shape index (κ2) is 8.74. The third kappa shape index (κ3) is 3.91. The maximum atomic E-state index is 13.8. The number of methoxy groups -OCH3 is 1. The van der Waals surface area contributed by atoms with E-state index in [1.165, 1.54) is 4.90 Å². The first-order valence-electron chi connectivity index (χ1n) is 11.0. The highest BCUT2D eigenvalue weighted by Crippen LogP contribution is 2.44. The molecule has 1 N–H and O–H groups in total. The number of carbonyl (C=O) groups excluding carboxylic acids is 2. The lowest BCUT2D eigenvalue weighted by Gasteiger charge is -2.28. The van der Waals surface area contributed by atoms with Crippen LogP contribution in [0.5, 0.6) is 5.75 Å². The zero-order chi connectivity index (χ0) is 24.9. The Labute approximate surface area is 210 Å². The molecule has 1 unspecified atom stereocenters. The monoisotopic (exact) mass is 531 g/mol. The molecule has 1 atom stereocenters. The number of hydrogen-bond acceptors (Lipinski definition) is 5. The lowest BCUT2D eigenvalue weighted by Crippen LogP contribution is -2.31. The molecule has 6 nitrogen and oxygen atoms in total. The fourth-order valence-corrected chi connectivity index (χ4v) is 4.83. The van der Waals surface area contributed by atoms with Gasteiger partial charge < -0.3 is 14.3 Å². The minimum absolute atomic E-state index is 0.0396. The number of aliphatic hydroxyl groups is 1. The summed E-state index contributed by atoms with van der Waals surface area (Å²) in [6.45, 7) is 3.81. The standard InChI is InChI=1S/C28H22BrNO5/c1-15-7-8-16(2)21(11-15)30-25(17-5-4-6-20(13-17)34-3)24(27(32)28(30)33)26(31)23-14-18-12-19(29)9-10-22(18)35-23/h4-14,25,32H,1-3H3. The number of rotatable bonds is 5. The molecule has 176 valence electrons. The van der Waals surface area contributed by atoms with Crippen LogP contribution < -0.4 is 9.64 Å². The molecule has 4 aromatic rings. The molecule has 7 heteroatoms. The second-order valence-corrected chi connectivity index (χ2v) is 9.44. The minimum Gasteiger partial charge on any atom is -0.503 e. The van der Waals surface area contributed by atoms with E-state index in [1.54, 1.807) is 43.5 Å². The number of aliphatic hydroxyl groups excluding tert-OH is 1. The van der Waals surface area contributed by atoms with Gasteiger partial charge in [-0.2, -0.15) is 0 Å². The maximum absolute atomic E-state index is 13.8. The molecule has 0 saturated carbocycles. The molecule has 1 aliphatic rings. The Morgan fingerprint density at radius 1 is 1.06 bits per heavy atom. The van der Waals surface area contributed by atoms with Gasteiger partial charge in [-0.15, -0.1) is 0 Å². The highest BCUT2D eigenvalue weighted by molar-refractivity contribution is 9.10. The van der Waals surface area contributed by atoms with Crippen molar-refractivity contribution in [1.29, 1.82) is 0 Å². The molecule has 1 aliphatic heterocycles. The number of ketones is 1. The van der Waals surface area contributed by atoms with Crippen molar-refractivity contribution in [2.24, 2.45) is 0 Å². The summed E-state index contributed by atoms with van der Waals surface area (Å²) in [5.74, 6) is -1.17. The van der Waals surface area contributed by atoms with Crippen LogP contribution in [-0.2, 0) is 4.79 Å². The van der Waals surface area contributed by atoms with Crippen LogP contribution in [0.15, 0.2) is 87.0 Å². The van der Waals surface area contributed by atoms with Crippen molar-refractivity contribution in [2.45, 2.75) is 19.9 Å². The Hall–Kier alpha value is -3.84. The van der Waals surface area contributed by atoms with Crippen molar-refractivity contribution in [1.82, 2.24) is 0 Å². The number of anilines is 1. The van der Waals surface area contributed by atoms with Gasteiger partial charge in [0.1, 0.15) is 11.3 Å². The number of ether oxygens (including phenoxy) is 1. The van der Waals surface area contributed by atoms with Crippen molar-refractivity contribution in [3.05, 3.63) is 105 Å². The molecule has 5 rings (SSSR count). The van der Waals surface area contributed by atoms with Crippen LogP contribution in [-0.4, -0.2) is 23.9 Å². The van der Waals surface area contributed by atoms with E-state index in [-0.39, 0.29) is 11.3 Å². The largest absolute Gasteiger partial charge is 0.503 e. The summed E-state index contributed by atoms with van der Waals surface area (Å²) in [5, 5.41) is 11.8. The summed E-state index contributed by atoms with van der Waals surface area (Å²) in [6, 6.07) is 19.0. The Morgan fingerprint density at radius 2 is 1.86 bits per heavy atom. The summed E-state index contributed by atoms with van der Waals surface area (Å²) in [5.41, 5.74) is 3.53. The SMILES string of the molecule is COc1cccc(C2C(C(=O)c3cc4cc(Br)ccc4o3)=C(O)C(=O)N2c2cc(C)ccc2C)c1. The number of amides is 1. The maximum Gasteiger partial charge on any atom is 0.294 e. The first-order valence-corrected chi connectivity index (χ1v) is 11.8. The average Bonchev–Trinajstić information content (AvgIpc) is 3.38. The predicted octanol–water partition coefficient (Wildman–Crippen LogP) is 6.60. The summed E-state index contributed by atoms with van der Waals surface area (Å²) in [4.78, 5) is 28.7. The number of halogens is 1. The van der Waals surface area contributed by atoms with Crippen LogP contribution in [0.4, 0.5) is 5.69 Å². The topological polar surface area (TPSA) is 80.0 Å². The Balaban J connectivity index is 1.70. The average molecular weight is 532 g/mol. The zero-order valence-electron chi connectivity index (χ0n) is 19.3. The van der Waals surface area contributed by atoms with Crippen LogP contribution in [0, 0.1) is 13.8 Å². The third-order valence-electron chi connectivity index (χ3n) is 6.19. The summed E-state index contributed by atoms with van der Waals surface area (Å²) >= 11 is 3.42. The van der Waals surface area contributed by atoms with E-state index in [1.807, 2.05) is 44.2 Å². The highest BCUT2D eigenvalue weighted by Gasteiger charge is 2.46. The van der Waals surface area contributed by atoms with Gasteiger partial charge in [-0.25, -0.2) is 0 Å². The smallest absolute Gasteiger partial charge is 0.294 e. The molecular formula is C28H22BrNO5. The molecule has 0 fully saturated rings. The fourth-order valence-electron chi connectivity index (χ4n) is 4.45. The van der Waals surface area contributed by atoms with E-state index in [0.29, 0.717) is 22.6 Å². The number of furan rings is 1. The van der Waals surface area contributed by atoms with Gasteiger partial charge >= 0.3 is 0 Å². The van der Waals surface area contributed by atoms with Crippen LogP contribution in [0.25, 0.3) is 11.0 Å². The van der Waals surface area contributed by atoms with Crippen LogP contribution in [0.2, 0.25) is 0 Å². The van der Waals surface area contributed by atoms with E-state index >= 15 is 0 Å². The number of hydrogen-bond donors (Lipinski definition) is 1. The molecule has 35 heavy (non-hydrogen) atoms. The first-order chi connectivity index (χ1) is 16.8. The summed E-state index contributed by atoms with van der Waals surface area (Å²) < 4.78 is 12.1. The molecule has 0 saturated heterocycles. The van der Waals surface area contributed by atoms with Gasteiger partial charge in [0.2, 0.25) is 5.78 Å². The van der Waals surface area contributed by atoms with Gasteiger partial charge in [-0.05, 0) is 73.0 Å². The molecular weight excluding hydrogens is 510 g/mol. The minimum atomic E-state index is -0.870. The number of nitrogens with zero attached hydrogens (tertiary/aromatic N) is 1. The zero-order valence-corrected chi connectivity index (χ0v) is 20.9. The number of benzene rings is 3. The van der Waals surface area contributed by atoms with E-state index < -0.39 is 23.5 Å². The molecule has 2 heterocycles. The molecule has 0 aliphatic carbocycles. The van der Waals surface area contributed by atoms with Crippen molar-refractivity contribution in [3.8, 4) is 5.75 Å². The summed E-state index contributed by atoms with van der Waals surface area (Å²) in [6.07, 6.45) is 0. The quantitative estimate of drug-likeness (QED) is 0.293. The van der Waals surface area contributed by atoms with Crippen molar-refractivity contribution >= 4 is 44.3 Å². The fraction of sp³-hybridized carbons (Fsp3) is 0.143. The molecule has 1 aromatic heterocycles. The molecule has 3 aromatic carbocycles. The van der Waals surface area contributed by atoms with Crippen LogP contribution in [0.1, 0.15) is 33.3 Å². The van der Waals surface area contributed by atoms with Gasteiger partial charge in [0, 0.05) is 15.5 Å². The van der Waals surface area contributed by atoms with Gasteiger partial charge in [-0.1, -0.05) is 40.2 Å². The van der Waals surface area contributed by atoms with E-state index in [0.717, 1.165) is 21.0 Å². The Bertz CT molecular complexity index is 1530. The van der Waals surface area contributed by atoms with Crippen LogP contribution in [0.3, 0.4) is 0 Å². The Kier molecular flexibility index (Phi) is 5.73. The van der Waals surface area contributed by atoms with E-state index in [4.69, 9.17) is 9.15 Å². The highest BCUT2D eigenvalue weighted by atomic mass is 79.9. The van der Waals surface area contributed by atoms with E-state index in [9.17, 15) is 14.7 Å². The lowest BCUT2D eigenvalue weighted by molar-refractivity contribution is -0.117. The molecule has 0 spiro atoms. The predicted molar refractivity (Wildman–Crippen MR) is 137 cm³/mol. The number of fused-ring (bicyclic) bond motifs is 1. The van der Waals surface area contributed by atoms with Gasteiger partial charge in [-0.3, -0.25) is 14.5 Å². The van der Waals surface area contributed by atoms with E-state index in [2.05, 4.69) is 15.9 Å². The number of carbonyl (C=O) groups is 2. The molecule has 1 amide bonds. The molecule has 0 radical (unpaired) electrons. The van der Waals surface area contributed by atoms with Gasteiger partial charge in [0.25, 0.3) is 5.91 Å². The third-order valence-corrected chi connectivity index (χ3v) is 6.68. The van der Waals surface area contributed by atoms with Crippen molar-refractivity contribution < 1.29 is 23.8 Å². The Morgan fingerprint density at radius 3 is 2.63 bits per heavy atom. The van der Waals surface area contributed by atoms with Crippen LogP contribution >= 0.6 is 15.9 Å². The van der Waals surface area contributed by atoms with Gasteiger partial charge in [0.05, 0.1) is 18.7 Å². The molecule has 0 bridgehead atoms. The summed E-state index contributed by atoms with van der Waals surface area (Å²) in [7, 11) is 1.55. The lowest BCUT2D eigenvalue weighted by atomic mass is 9.94. The van der Waals surface area contributed by atoms with Crippen molar-refractivity contribution in [3.63, 3.8) is 0 Å². The number of Topliss-reactive ketones (excluding diaryl/α,β-unsaturated/α-hetero) is 1. The number of aryl methyl sites for hydroxylation is 2. The first kappa shape index (κ1) is 22.9. The normalized spacial score (nSPS) is 15.8. The van der Waals surface area contributed by atoms with Crippen molar-refractivity contribution in [2.75, 3.05) is 12.0 Å².